The summed E-state index contributed by atoms with van der Waals surface area (Å²) in [5.41, 5.74) is 3.06. The molecule has 0 saturated heterocycles. The molecule has 1 aromatic heterocycles. The number of nitrogen functional groups attached to an aromatic ring is 1. The monoisotopic (exact) mass is 288 g/mol. The lowest BCUT2D eigenvalue weighted by atomic mass is 10.1. The number of aromatic nitrogens is 1. The number of nitrogens with one attached hydrogen (secondary N) is 2. The first-order valence-electron chi connectivity index (χ1n) is 6.90. The van der Waals surface area contributed by atoms with Crippen LogP contribution in [0.1, 0.15) is 24.2 Å². The fourth-order valence-corrected chi connectivity index (χ4v) is 2.13. The molecule has 0 saturated carbocycles. The van der Waals surface area contributed by atoms with Crippen LogP contribution in [0.2, 0.25) is 0 Å². The number of hydrogen-bond acceptors (Lipinski definition) is 5. The molecule has 0 fully saturated rings. The van der Waals surface area contributed by atoms with Crippen LogP contribution in [-0.2, 0) is 4.74 Å². The van der Waals surface area contributed by atoms with Crippen molar-refractivity contribution in [1.29, 1.82) is 0 Å². The summed E-state index contributed by atoms with van der Waals surface area (Å²) in [7, 11) is 0. The van der Waals surface area contributed by atoms with Crippen LogP contribution >= 0.6 is 0 Å². The first-order chi connectivity index (χ1) is 10.2. The predicted octanol–water partition coefficient (Wildman–Crippen LogP) is 1.68. The van der Waals surface area contributed by atoms with Gasteiger partial charge < -0.3 is 15.5 Å². The molecule has 1 atom stereocenters. The third-order valence-corrected chi connectivity index (χ3v) is 3.13. The van der Waals surface area contributed by atoms with Crippen LogP contribution in [0.15, 0.2) is 30.5 Å². The van der Waals surface area contributed by atoms with E-state index in [1.807, 2.05) is 38.1 Å². The first-order valence-corrected chi connectivity index (χ1v) is 6.90. The van der Waals surface area contributed by atoms with Crippen molar-refractivity contribution in [3.8, 4) is 0 Å². The Morgan fingerprint density at radius 1 is 1.38 bits per heavy atom. The number of carbonyl (C=O) groups is 1. The molecule has 1 heterocycles. The zero-order chi connectivity index (χ0) is 15.2. The summed E-state index contributed by atoms with van der Waals surface area (Å²) in [5.74, 6) is 5.82. The molecule has 1 aromatic carbocycles. The number of anilines is 1. The smallest absolute Gasteiger partial charge is 0.253 e. The average molecular weight is 288 g/mol. The van der Waals surface area contributed by atoms with Crippen LogP contribution in [0.5, 0.6) is 0 Å². The van der Waals surface area contributed by atoms with Crippen molar-refractivity contribution >= 4 is 22.5 Å². The summed E-state index contributed by atoms with van der Waals surface area (Å²) in [4.78, 5) is 16.6. The van der Waals surface area contributed by atoms with Gasteiger partial charge in [-0.2, -0.15) is 0 Å². The maximum atomic E-state index is 12.4. The molecule has 0 bridgehead atoms. The topological polar surface area (TPSA) is 89.3 Å². The van der Waals surface area contributed by atoms with E-state index >= 15 is 0 Å². The second-order valence-electron chi connectivity index (χ2n) is 4.74. The normalized spacial score (nSPS) is 12.1. The SMILES string of the molecule is CCOCC(C)NC(=O)c1cnc(NN)c2ccccc12. The number of benzene rings is 1. The van der Waals surface area contributed by atoms with E-state index in [-0.39, 0.29) is 11.9 Å². The van der Waals surface area contributed by atoms with Crippen molar-refractivity contribution in [2.24, 2.45) is 5.84 Å². The lowest BCUT2D eigenvalue weighted by molar-refractivity contribution is 0.0873. The molecule has 112 valence electrons. The minimum Gasteiger partial charge on any atom is -0.380 e. The summed E-state index contributed by atoms with van der Waals surface area (Å²) in [6.45, 7) is 4.93. The van der Waals surface area contributed by atoms with E-state index in [1.165, 1.54) is 6.20 Å². The van der Waals surface area contributed by atoms with Crippen molar-refractivity contribution in [2.45, 2.75) is 19.9 Å². The summed E-state index contributed by atoms with van der Waals surface area (Å²) in [5, 5.41) is 4.52. The Morgan fingerprint density at radius 2 is 2.10 bits per heavy atom. The number of carbonyl (C=O) groups excluding carboxylic acids is 1. The minimum absolute atomic E-state index is 0.0662. The lowest BCUT2D eigenvalue weighted by Gasteiger charge is -2.15. The molecule has 0 aliphatic heterocycles. The number of pyridine rings is 1. The highest BCUT2D eigenvalue weighted by Crippen LogP contribution is 2.23. The van der Waals surface area contributed by atoms with Gasteiger partial charge in [0.1, 0.15) is 5.82 Å². The summed E-state index contributed by atoms with van der Waals surface area (Å²) in [6.07, 6.45) is 1.53. The Bertz CT molecular complexity index is 630. The van der Waals surface area contributed by atoms with E-state index in [4.69, 9.17) is 10.6 Å². The Labute approximate surface area is 123 Å². The van der Waals surface area contributed by atoms with Crippen LogP contribution in [0.25, 0.3) is 10.8 Å². The number of ether oxygens (including phenoxy) is 1. The van der Waals surface area contributed by atoms with E-state index in [2.05, 4.69) is 15.7 Å². The van der Waals surface area contributed by atoms with Crippen molar-refractivity contribution in [2.75, 3.05) is 18.6 Å². The van der Waals surface area contributed by atoms with Gasteiger partial charge in [-0.15, -0.1) is 0 Å². The van der Waals surface area contributed by atoms with Gasteiger partial charge in [-0.3, -0.25) is 4.79 Å². The Morgan fingerprint density at radius 3 is 2.76 bits per heavy atom. The molecule has 1 amide bonds. The molecule has 2 aromatic rings. The molecule has 6 heteroatoms. The number of rotatable bonds is 6. The molecule has 6 nitrogen and oxygen atoms in total. The highest BCUT2D eigenvalue weighted by Gasteiger charge is 2.15. The second-order valence-corrected chi connectivity index (χ2v) is 4.74. The third-order valence-electron chi connectivity index (χ3n) is 3.13. The van der Waals surface area contributed by atoms with Crippen LogP contribution in [0.4, 0.5) is 5.82 Å². The Hall–Kier alpha value is -2.18. The van der Waals surface area contributed by atoms with Crippen LogP contribution in [0.3, 0.4) is 0 Å². The molecule has 4 N–H and O–H groups in total. The maximum Gasteiger partial charge on any atom is 0.253 e. The van der Waals surface area contributed by atoms with Crippen molar-refractivity contribution < 1.29 is 9.53 Å². The quantitative estimate of drug-likeness (QED) is 0.556. The van der Waals surface area contributed by atoms with E-state index in [1.54, 1.807) is 0 Å². The fraction of sp³-hybridized carbons (Fsp3) is 0.333. The highest BCUT2D eigenvalue weighted by atomic mass is 16.5. The molecule has 0 spiro atoms. The molecule has 21 heavy (non-hydrogen) atoms. The summed E-state index contributed by atoms with van der Waals surface area (Å²) in [6, 6.07) is 7.44. The number of nitrogens with two attached hydrogens (primary N) is 1. The zero-order valence-corrected chi connectivity index (χ0v) is 12.2. The van der Waals surface area contributed by atoms with Gasteiger partial charge >= 0.3 is 0 Å². The molecule has 2 rings (SSSR count). The van der Waals surface area contributed by atoms with Crippen molar-refractivity contribution in [1.82, 2.24) is 10.3 Å². The van der Waals surface area contributed by atoms with E-state index in [0.717, 1.165) is 10.8 Å². The summed E-state index contributed by atoms with van der Waals surface area (Å²) >= 11 is 0. The van der Waals surface area contributed by atoms with Gasteiger partial charge in [0.15, 0.2) is 0 Å². The van der Waals surface area contributed by atoms with Gasteiger partial charge in [0, 0.05) is 24.2 Å². The van der Waals surface area contributed by atoms with Gasteiger partial charge in [0.25, 0.3) is 5.91 Å². The van der Waals surface area contributed by atoms with Crippen LogP contribution < -0.4 is 16.6 Å². The van der Waals surface area contributed by atoms with Crippen LogP contribution in [-0.4, -0.2) is 30.1 Å². The van der Waals surface area contributed by atoms with Crippen molar-refractivity contribution in [3.63, 3.8) is 0 Å². The van der Waals surface area contributed by atoms with E-state index in [0.29, 0.717) is 24.6 Å². The first kappa shape index (κ1) is 15.2. The molecule has 1 unspecified atom stereocenters. The number of hydrogen-bond donors (Lipinski definition) is 3. The molecule has 0 aliphatic carbocycles. The van der Waals surface area contributed by atoms with Gasteiger partial charge in [-0.05, 0) is 19.2 Å². The van der Waals surface area contributed by atoms with E-state index in [9.17, 15) is 4.79 Å². The third kappa shape index (κ3) is 3.48. The molecule has 0 radical (unpaired) electrons. The molecular weight excluding hydrogens is 268 g/mol. The average Bonchev–Trinajstić information content (AvgIpc) is 2.51. The minimum atomic E-state index is -0.172. The largest absolute Gasteiger partial charge is 0.380 e. The van der Waals surface area contributed by atoms with Gasteiger partial charge in [0.05, 0.1) is 12.2 Å². The number of amides is 1. The Kier molecular flexibility index (Phi) is 5.08. The number of hydrazine groups is 1. The maximum absolute atomic E-state index is 12.4. The second kappa shape index (κ2) is 7.01. The lowest BCUT2D eigenvalue weighted by Crippen LogP contribution is -2.36. The summed E-state index contributed by atoms with van der Waals surface area (Å²) < 4.78 is 5.30. The standard InChI is InChI=1S/C15H20N4O2/c1-3-21-9-10(2)18-15(20)13-8-17-14(19-16)12-7-5-4-6-11(12)13/h4-8,10H,3,9,16H2,1-2H3,(H,17,19)(H,18,20). The van der Waals surface area contributed by atoms with E-state index < -0.39 is 0 Å². The predicted molar refractivity (Wildman–Crippen MR) is 83.0 cm³/mol. The highest BCUT2D eigenvalue weighted by molar-refractivity contribution is 6.09. The number of nitrogens with zero attached hydrogens (tertiary/aromatic N) is 1. The zero-order valence-electron chi connectivity index (χ0n) is 12.2. The van der Waals surface area contributed by atoms with Gasteiger partial charge in [-0.1, -0.05) is 24.3 Å². The molecular formula is C15H20N4O2. The van der Waals surface area contributed by atoms with Crippen LogP contribution in [0, 0.1) is 0 Å². The number of fused-ring (bicyclic) bond motifs is 1. The Balaban J connectivity index is 2.28. The van der Waals surface area contributed by atoms with Gasteiger partial charge in [0.2, 0.25) is 0 Å². The van der Waals surface area contributed by atoms with Crippen molar-refractivity contribution in [3.05, 3.63) is 36.0 Å². The van der Waals surface area contributed by atoms with Gasteiger partial charge in [-0.25, -0.2) is 10.8 Å². The molecule has 0 aliphatic rings. The fourth-order valence-electron chi connectivity index (χ4n) is 2.13.